The highest BCUT2D eigenvalue weighted by molar-refractivity contribution is 5.94. The predicted molar refractivity (Wildman–Crippen MR) is 104 cm³/mol. The number of hydrogen-bond acceptors (Lipinski definition) is 8. The number of Topliss-reactive ketones (excluding diaryl/α,β-unsaturated/α-hetero) is 1. The van der Waals surface area contributed by atoms with Crippen molar-refractivity contribution in [3.05, 3.63) is 22.8 Å². The summed E-state index contributed by atoms with van der Waals surface area (Å²) >= 11 is 0. The number of hydrogen-bond donors (Lipinski definition) is 0. The molecule has 0 radical (unpaired) electrons. The Labute approximate surface area is 175 Å². The van der Waals surface area contributed by atoms with Gasteiger partial charge in [0.05, 0.1) is 11.2 Å². The van der Waals surface area contributed by atoms with Crippen molar-refractivity contribution in [2.24, 2.45) is 5.92 Å². The molecule has 1 aliphatic carbocycles. The molecule has 0 bridgehead atoms. The highest BCUT2D eigenvalue weighted by atomic mass is 16.6. The Hall–Kier alpha value is -2.48. The molecule has 164 valence electrons. The van der Waals surface area contributed by atoms with Crippen LogP contribution in [0, 0.1) is 5.92 Å². The van der Waals surface area contributed by atoms with Gasteiger partial charge in [-0.15, -0.1) is 0 Å². The van der Waals surface area contributed by atoms with Crippen molar-refractivity contribution in [2.75, 3.05) is 6.61 Å². The highest BCUT2D eigenvalue weighted by Crippen LogP contribution is 2.49. The van der Waals surface area contributed by atoms with Crippen LogP contribution in [0.3, 0.4) is 0 Å². The molecule has 8 nitrogen and oxygen atoms in total. The Morgan fingerprint density at radius 3 is 2.60 bits per heavy atom. The smallest absolute Gasteiger partial charge is 0.338 e. The van der Waals surface area contributed by atoms with E-state index in [1.807, 2.05) is 6.92 Å². The van der Waals surface area contributed by atoms with Gasteiger partial charge in [0.1, 0.15) is 24.6 Å². The summed E-state index contributed by atoms with van der Waals surface area (Å²) in [5.74, 6) is -2.08. The second-order valence-electron chi connectivity index (χ2n) is 8.36. The molecule has 30 heavy (non-hydrogen) atoms. The van der Waals surface area contributed by atoms with Gasteiger partial charge in [-0.3, -0.25) is 9.59 Å². The molecular weight excluding hydrogens is 392 g/mol. The van der Waals surface area contributed by atoms with Gasteiger partial charge in [-0.25, -0.2) is 9.59 Å². The Bertz CT molecular complexity index is 838. The van der Waals surface area contributed by atoms with Crippen molar-refractivity contribution in [2.45, 2.75) is 77.8 Å². The number of carbonyl (C=O) groups is 4. The standard InChI is InChI=1S/C22H28O8/c1-6-11(2)20(25)28-16-9-12(3)15(24)7-8-22(5)19(30-22)18-17(16)14(21(26)29-18)10-27-13(4)23/h6,12,16,18-19H,7-10H2,1-5H3. The van der Waals surface area contributed by atoms with Gasteiger partial charge in [-0.05, 0) is 33.6 Å². The summed E-state index contributed by atoms with van der Waals surface area (Å²) in [6, 6.07) is 0. The maximum atomic E-state index is 12.6. The molecule has 5 unspecified atom stereocenters. The van der Waals surface area contributed by atoms with E-state index in [0.29, 0.717) is 24.0 Å². The number of fused-ring (bicyclic) bond motifs is 3. The SMILES string of the molecule is CC=C(C)C(=O)OC1CC(C)C(=O)CCC2(C)OC2C2OC(=O)C(COC(C)=O)=C12. The van der Waals surface area contributed by atoms with Crippen LogP contribution >= 0.6 is 0 Å². The van der Waals surface area contributed by atoms with Crippen molar-refractivity contribution < 1.29 is 38.1 Å². The molecule has 1 saturated heterocycles. The summed E-state index contributed by atoms with van der Waals surface area (Å²) in [6.45, 7) is 7.95. The van der Waals surface area contributed by atoms with Crippen molar-refractivity contribution in [3.63, 3.8) is 0 Å². The lowest BCUT2D eigenvalue weighted by Crippen LogP contribution is -2.36. The molecule has 3 aliphatic rings. The summed E-state index contributed by atoms with van der Waals surface area (Å²) in [5, 5.41) is 0. The molecule has 2 fully saturated rings. The second kappa shape index (κ2) is 8.34. The first kappa shape index (κ1) is 22.2. The molecule has 5 atom stereocenters. The van der Waals surface area contributed by atoms with Gasteiger partial charge in [0.25, 0.3) is 0 Å². The third-order valence-electron chi connectivity index (χ3n) is 6.11. The van der Waals surface area contributed by atoms with E-state index in [4.69, 9.17) is 18.9 Å². The van der Waals surface area contributed by atoms with Crippen molar-refractivity contribution in [1.29, 1.82) is 0 Å². The Morgan fingerprint density at radius 2 is 1.97 bits per heavy atom. The molecule has 0 N–H and O–H groups in total. The average Bonchev–Trinajstić information content (AvgIpc) is 3.25. The molecule has 2 aliphatic heterocycles. The van der Waals surface area contributed by atoms with Crippen LogP contribution in [0.2, 0.25) is 0 Å². The number of carbonyl (C=O) groups excluding carboxylic acids is 4. The summed E-state index contributed by atoms with van der Waals surface area (Å²) in [6.07, 6.45) is 0.609. The van der Waals surface area contributed by atoms with E-state index in [0.717, 1.165) is 0 Å². The number of ketones is 1. The van der Waals surface area contributed by atoms with Crippen molar-refractivity contribution in [3.8, 4) is 0 Å². The molecule has 8 heteroatoms. The quantitative estimate of drug-likeness (QED) is 0.295. The molecule has 0 spiro atoms. The molecule has 0 amide bonds. The first-order valence-corrected chi connectivity index (χ1v) is 10.2. The zero-order valence-electron chi connectivity index (χ0n) is 18.0. The van der Waals surface area contributed by atoms with Gasteiger partial charge in [0, 0.05) is 30.4 Å². The van der Waals surface area contributed by atoms with E-state index in [1.54, 1.807) is 26.8 Å². The van der Waals surface area contributed by atoms with Gasteiger partial charge in [-0.2, -0.15) is 0 Å². The number of rotatable bonds is 4. The summed E-state index contributed by atoms with van der Waals surface area (Å²) < 4.78 is 22.3. The Kier molecular flexibility index (Phi) is 6.17. The lowest BCUT2D eigenvalue weighted by atomic mass is 9.83. The monoisotopic (exact) mass is 420 g/mol. The molecule has 0 aromatic rings. The van der Waals surface area contributed by atoms with Gasteiger partial charge in [-0.1, -0.05) is 13.0 Å². The maximum Gasteiger partial charge on any atom is 0.338 e. The van der Waals surface area contributed by atoms with Gasteiger partial charge < -0.3 is 18.9 Å². The first-order chi connectivity index (χ1) is 14.1. The minimum atomic E-state index is -0.875. The second-order valence-corrected chi connectivity index (χ2v) is 8.36. The minimum Gasteiger partial charge on any atom is -0.461 e. The Morgan fingerprint density at radius 1 is 1.27 bits per heavy atom. The van der Waals surface area contributed by atoms with E-state index in [2.05, 4.69) is 0 Å². The van der Waals surface area contributed by atoms with E-state index in [1.165, 1.54) is 6.92 Å². The molecule has 3 rings (SSSR count). The Balaban J connectivity index is 2.05. The van der Waals surface area contributed by atoms with Crippen LogP contribution in [-0.4, -0.2) is 54.2 Å². The van der Waals surface area contributed by atoms with Crippen LogP contribution in [-0.2, 0) is 38.1 Å². The number of epoxide rings is 1. The number of allylic oxidation sites excluding steroid dienone is 1. The molecule has 1 saturated carbocycles. The van der Waals surface area contributed by atoms with Crippen LogP contribution in [0.4, 0.5) is 0 Å². The van der Waals surface area contributed by atoms with Crippen molar-refractivity contribution >= 4 is 23.7 Å². The summed E-state index contributed by atoms with van der Waals surface area (Å²) in [5.41, 5.74) is 0.369. The molecule has 2 heterocycles. The highest BCUT2D eigenvalue weighted by Gasteiger charge is 2.62. The minimum absolute atomic E-state index is 0.0418. The van der Waals surface area contributed by atoms with E-state index < -0.39 is 47.7 Å². The third-order valence-corrected chi connectivity index (χ3v) is 6.11. The average molecular weight is 420 g/mol. The van der Waals surface area contributed by atoms with Crippen LogP contribution in [0.25, 0.3) is 0 Å². The summed E-state index contributed by atoms with van der Waals surface area (Å²) in [4.78, 5) is 49.1. The normalized spacial score (nSPS) is 34.0. The molecule has 0 aromatic carbocycles. The fourth-order valence-electron chi connectivity index (χ4n) is 3.95. The lowest BCUT2D eigenvalue weighted by Gasteiger charge is -2.27. The fourth-order valence-corrected chi connectivity index (χ4v) is 3.95. The van der Waals surface area contributed by atoms with Crippen LogP contribution in [0.1, 0.15) is 53.9 Å². The zero-order chi connectivity index (χ0) is 22.2. The van der Waals surface area contributed by atoms with Crippen LogP contribution in [0.15, 0.2) is 22.8 Å². The summed E-state index contributed by atoms with van der Waals surface area (Å²) in [7, 11) is 0. The van der Waals surface area contributed by atoms with E-state index >= 15 is 0 Å². The predicted octanol–water partition coefficient (Wildman–Crippen LogP) is 2.20. The first-order valence-electron chi connectivity index (χ1n) is 10.2. The lowest BCUT2D eigenvalue weighted by molar-refractivity contribution is -0.145. The molecule has 0 aromatic heterocycles. The van der Waals surface area contributed by atoms with E-state index in [9.17, 15) is 19.2 Å². The van der Waals surface area contributed by atoms with E-state index in [-0.39, 0.29) is 24.4 Å². The zero-order valence-corrected chi connectivity index (χ0v) is 18.0. The van der Waals surface area contributed by atoms with Crippen LogP contribution < -0.4 is 0 Å². The largest absolute Gasteiger partial charge is 0.461 e. The van der Waals surface area contributed by atoms with Gasteiger partial charge in [0.2, 0.25) is 0 Å². The van der Waals surface area contributed by atoms with Gasteiger partial charge in [0.15, 0.2) is 6.10 Å². The fraction of sp³-hybridized carbons (Fsp3) is 0.636. The van der Waals surface area contributed by atoms with Crippen LogP contribution in [0.5, 0.6) is 0 Å². The number of esters is 3. The number of ether oxygens (including phenoxy) is 4. The maximum absolute atomic E-state index is 12.6. The van der Waals surface area contributed by atoms with Gasteiger partial charge >= 0.3 is 17.9 Å². The topological polar surface area (TPSA) is 109 Å². The molecular formula is C22H28O8. The van der Waals surface area contributed by atoms with Crippen molar-refractivity contribution in [1.82, 2.24) is 0 Å². The third kappa shape index (κ3) is 4.33.